The van der Waals surface area contributed by atoms with Crippen LogP contribution in [0, 0.1) is 0 Å². The summed E-state index contributed by atoms with van der Waals surface area (Å²) in [5.74, 6) is -0.290. The lowest BCUT2D eigenvalue weighted by molar-refractivity contribution is 0.102. The molecule has 0 aliphatic heterocycles. The number of carbonyl (C=O) groups excluding carboxylic acids is 1. The second-order valence-electron chi connectivity index (χ2n) is 6.03. The fourth-order valence-electron chi connectivity index (χ4n) is 2.54. The van der Waals surface area contributed by atoms with Gasteiger partial charge in [0.25, 0.3) is 5.91 Å². The van der Waals surface area contributed by atoms with Crippen LogP contribution in [0.5, 0.6) is 0 Å². The summed E-state index contributed by atoms with van der Waals surface area (Å²) < 4.78 is 25.3. The van der Waals surface area contributed by atoms with Gasteiger partial charge in [0.2, 0.25) is 10.0 Å². The molecule has 2 aromatic carbocycles. The first kappa shape index (κ1) is 19.9. The number of carbonyl (C=O) groups is 1. The van der Waals surface area contributed by atoms with E-state index in [0.29, 0.717) is 16.9 Å². The molecule has 0 aliphatic rings. The molecule has 0 spiro atoms. The zero-order valence-electron chi connectivity index (χ0n) is 15.3. The number of anilines is 2. The largest absolute Gasteiger partial charge is 0.320 e. The third kappa shape index (κ3) is 5.86. The third-order valence-electron chi connectivity index (χ3n) is 3.99. The highest BCUT2D eigenvalue weighted by Gasteiger charge is 2.11. The molecule has 2 N–H and O–H groups in total. The van der Waals surface area contributed by atoms with Gasteiger partial charge in [0.15, 0.2) is 0 Å². The van der Waals surface area contributed by atoms with Crippen LogP contribution in [0.3, 0.4) is 0 Å². The average Bonchev–Trinajstić information content (AvgIpc) is 2.60. The molecule has 26 heavy (non-hydrogen) atoms. The van der Waals surface area contributed by atoms with Crippen LogP contribution in [0.25, 0.3) is 0 Å². The van der Waals surface area contributed by atoms with E-state index in [1.165, 1.54) is 0 Å². The van der Waals surface area contributed by atoms with Gasteiger partial charge >= 0.3 is 0 Å². The Morgan fingerprint density at radius 2 is 1.54 bits per heavy atom. The zero-order chi connectivity index (χ0) is 19.2. The van der Waals surface area contributed by atoms with Gasteiger partial charge in [-0.3, -0.25) is 14.4 Å². The first-order valence-corrected chi connectivity index (χ1v) is 10.4. The molecular weight excluding hydrogens is 350 g/mol. The van der Waals surface area contributed by atoms with Crippen LogP contribution >= 0.6 is 0 Å². The van der Waals surface area contributed by atoms with Crippen molar-refractivity contribution in [1.29, 1.82) is 0 Å². The summed E-state index contributed by atoms with van der Waals surface area (Å²) in [5.41, 5.74) is 2.41. The highest BCUT2D eigenvalue weighted by molar-refractivity contribution is 7.92. The number of nitrogens with zero attached hydrogens (tertiary/aromatic N) is 1. The molecule has 0 bridgehead atoms. The van der Waals surface area contributed by atoms with Crippen molar-refractivity contribution < 1.29 is 13.2 Å². The van der Waals surface area contributed by atoms with Crippen LogP contribution in [0.4, 0.5) is 11.4 Å². The number of rotatable bonds is 8. The van der Waals surface area contributed by atoms with Crippen molar-refractivity contribution in [3.8, 4) is 0 Å². The molecule has 2 aromatic rings. The van der Waals surface area contributed by atoms with E-state index < -0.39 is 10.0 Å². The Balaban J connectivity index is 2.11. The van der Waals surface area contributed by atoms with Gasteiger partial charge in [-0.15, -0.1) is 0 Å². The summed E-state index contributed by atoms with van der Waals surface area (Å²) in [6.07, 6.45) is 1.07. The number of para-hydroxylation sites is 2. The number of nitrogens with one attached hydrogen (secondary N) is 2. The standard InChI is InChI=1S/C19H25N3O3S/c1-4-22(5-2)14-15-10-12-16(13-11-15)19(23)20-17-8-6-7-9-18(17)21-26(3,24)25/h6-13,21H,4-5,14H2,1-3H3,(H,20,23). The summed E-state index contributed by atoms with van der Waals surface area (Å²) in [4.78, 5) is 14.8. The van der Waals surface area contributed by atoms with Gasteiger partial charge < -0.3 is 5.32 Å². The maximum atomic E-state index is 12.5. The van der Waals surface area contributed by atoms with Gasteiger partial charge in [0.05, 0.1) is 17.6 Å². The minimum Gasteiger partial charge on any atom is -0.320 e. The number of hydrogen-bond acceptors (Lipinski definition) is 4. The number of hydrogen-bond donors (Lipinski definition) is 2. The molecule has 140 valence electrons. The first-order chi connectivity index (χ1) is 12.3. The van der Waals surface area contributed by atoms with Crippen LogP contribution in [0.2, 0.25) is 0 Å². The second-order valence-corrected chi connectivity index (χ2v) is 7.78. The van der Waals surface area contributed by atoms with Crippen molar-refractivity contribution in [2.45, 2.75) is 20.4 Å². The van der Waals surface area contributed by atoms with Crippen molar-refractivity contribution in [3.63, 3.8) is 0 Å². The maximum Gasteiger partial charge on any atom is 0.255 e. The van der Waals surface area contributed by atoms with Crippen LogP contribution in [-0.4, -0.2) is 38.6 Å². The molecule has 0 unspecified atom stereocenters. The molecule has 1 amide bonds. The Morgan fingerprint density at radius 3 is 2.08 bits per heavy atom. The van der Waals surface area contributed by atoms with E-state index in [9.17, 15) is 13.2 Å². The lowest BCUT2D eigenvalue weighted by Gasteiger charge is -2.18. The molecule has 7 heteroatoms. The van der Waals surface area contributed by atoms with Gasteiger partial charge in [-0.2, -0.15) is 0 Å². The van der Waals surface area contributed by atoms with Crippen molar-refractivity contribution in [3.05, 3.63) is 59.7 Å². The molecule has 6 nitrogen and oxygen atoms in total. The Hall–Kier alpha value is -2.38. The van der Waals surface area contributed by atoms with E-state index in [2.05, 4.69) is 28.8 Å². The van der Waals surface area contributed by atoms with Gasteiger partial charge in [0.1, 0.15) is 0 Å². The van der Waals surface area contributed by atoms with Crippen LogP contribution in [0.15, 0.2) is 48.5 Å². The molecule has 0 saturated carbocycles. The van der Waals surface area contributed by atoms with Gasteiger partial charge in [0, 0.05) is 12.1 Å². The Morgan fingerprint density at radius 1 is 0.962 bits per heavy atom. The maximum absolute atomic E-state index is 12.5. The monoisotopic (exact) mass is 375 g/mol. The Labute approximate surface area is 155 Å². The summed E-state index contributed by atoms with van der Waals surface area (Å²) in [6.45, 7) is 7.03. The number of amides is 1. The van der Waals surface area contributed by atoms with Gasteiger partial charge in [-0.1, -0.05) is 38.1 Å². The fourth-order valence-corrected chi connectivity index (χ4v) is 3.12. The van der Waals surface area contributed by atoms with Crippen molar-refractivity contribution >= 4 is 27.3 Å². The second kappa shape index (κ2) is 8.82. The molecule has 0 heterocycles. The van der Waals surface area contributed by atoms with Crippen molar-refractivity contribution in [2.75, 3.05) is 29.4 Å². The average molecular weight is 375 g/mol. The van der Waals surface area contributed by atoms with E-state index in [1.54, 1.807) is 36.4 Å². The Bertz CT molecular complexity index is 845. The lowest BCUT2D eigenvalue weighted by Crippen LogP contribution is -2.22. The van der Waals surface area contributed by atoms with Crippen molar-refractivity contribution in [2.24, 2.45) is 0 Å². The summed E-state index contributed by atoms with van der Waals surface area (Å²) in [7, 11) is -3.43. The van der Waals surface area contributed by atoms with Gasteiger partial charge in [-0.25, -0.2) is 8.42 Å². The van der Waals surface area contributed by atoms with Crippen LogP contribution in [-0.2, 0) is 16.6 Å². The normalized spacial score (nSPS) is 11.4. The van der Waals surface area contributed by atoms with Crippen molar-refractivity contribution in [1.82, 2.24) is 4.90 Å². The number of sulfonamides is 1. The highest BCUT2D eigenvalue weighted by Crippen LogP contribution is 2.22. The summed E-state index contributed by atoms with van der Waals surface area (Å²) >= 11 is 0. The molecule has 0 atom stereocenters. The van der Waals surface area contributed by atoms with Crippen LogP contribution in [0.1, 0.15) is 29.8 Å². The van der Waals surface area contributed by atoms with E-state index in [4.69, 9.17) is 0 Å². The van der Waals surface area contributed by atoms with Crippen LogP contribution < -0.4 is 10.0 Å². The molecular formula is C19H25N3O3S. The third-order valence-corrected chi connectivity index (χ3v) is 4.58. The molecule has 0 radical (unpaired) electrons. The number of benzene rings is 2. The predicted molar refractivity (Wildman–Crippen MR) is 106 cm³/mol. The zero-order valence-corrected chi connectivity index (χ0v) is 16.1. The molecule has 0 aliphatic carbocycles. The molecule has 0 aromatic heterocycles. The molecule has 0 saturated heterocycles. The Kier molecular flexibility index (Phi) is 6.76. The highest BCUT2D eigenvalue weighted by atomic mass is 32.2. The van der Waals surface area contributed by atoms with E-state index >= 15 is 0 Å². The van der Waals surface area contributed by atoms with E-state index in [0.717, 1.165) is 31.5 Å². The summed E-state index contributed by atoms with van der Waals surface area (Å²) in [5, 5.41) is 2.76. The minimum absolute atomic E-state index is 0.290. The molecule has 2 rings (SSSR count). The molecule has 0 fully saturated rings. The minimum atomic E-state index is -3.43. The summed E-state index contributed by atoms with van der Waals surface area (Å²) in [6, 6.07) is 14.1. The smallest absolute Gasteiger partial charge is 0.255 e. The quantitative estimate of drug-likeness (QED) is 0.743. The predicted octanol–water partition coefficient (Wildman–Crippen LogP) is 3.15. The fraction of sp³-hybridized carbons (Fsp3) is 0.316. The SMILES string of the molecule is CCN(CC)Cc1ccc(C(=O)Nc2ccccc2NS(C)(=O)=O)cc1. The topological polar surface area (TPSA) is 78.5 Å². The van der Waals surface area contributed by atoms with E-state index in [1.807, 2.05) is 12.1 Å². The van der Waals surface area contributed by atoms with E-state index in [-0.39, 0.29) is 5.91 Å². The lowest BCUT2D eigenvalue weighted by atomic mass is 10.1. The first-order valence-electron chi connectivity index (χ1n) is 8.51. The van der Waals surface area contributed by atoms with Gasteiger partial charge in [-0.05, 0) is 42.9 Å².